The second-order valence-corrected chi connectivity index (χ2v) is 7.87. The van der Waals surface area contributed by atoms with Gasteiger partial charge in [-0.05, 0) is 24.1 Å². The SMILES string of the molecule is Cc1ccc(C(=O)N2CC[C@@]34OC[C@@H](c5ccccc5)N3C(=O)C[C@@H]24)c(F)c1F. The summed E-state index contributed by atoms with van der Waals surface area (Å²) >= 11 is 0. The highest BCUT2D eigenvalue weighted by molar-refractivity contribution is 5.96. The molecule has 0 bridgehead atoms. The Morgan fingerprint density at radius 3 is 2.66 bits per heavy atom. The molecule has 0 unspecified atom stereocenters. The molecular weight excluding hydrogens is 378 g/mol. The summed E-state index contributed by atoms with van der Waals surface area (Å²) in [6, 6.07) is 11.6. The monoisotopic (exact) mass is 398 g/mol. The minimum Gasteiger partial charge on any atom is -0.351 e. The fourth-order valence-corrected chi connectivity index (χ4v) is 4.97. The largest absolute Gasteiger partial charge is 0.351 e. The van der Waals surface area contributed by atoms with Gasteiger partial charge in [0.25, 0.3) is 5.91 Å². The molecule has 0 saturated carbocycles. The molecule has 0 aromatic heterocycles. The predicted octanol–water partition coefficient (Wildman–Crippen LogP) is 3.19. The molecule has 7 heteroatoms. The Hall–Kier alpha value is -2.80. The van der Waals surface area contributed by atoms with Crippen LogP contribution >= 0.6 is 0 Å². The van der Waals surface area contributed by atoms with E-state index < -0.39 is 29.3 Å². The van der Waals surface area contributed by atoms with Crippen molar-refractivity contribution in [2.45, 2.75) is 37.6 Å². The van der Waals surface area contributed by atoms with Crippen LogP contribution in [-0.4, -0.2) is 46.5 Å². The van der Waals surface area contributed by atoms with Crippen molar-refractivity contribution in [3.8, 4) is 0 Å². The number of benzene rings is 2. The van der Waals surface area contributed by atoms with Crippen LogP contribution < -0.4 is 0 Å². The van der Waals surface area contributed by atoms with E-state index in [9.17, 15) is 18.4 Å². The molecule has 3 saturated heterocycles. The molecule has 150 valence electrons. The Kier molecular flexibility index (Phi) is 4.00. The van der Waals surface area contributed by atoms with Crippen molar-refractivity contribution in [1.82, 2.24) is 9.80 Å². The van der Waals surface area contributed by atoms with Gasteiger partial charge in [-0.15, -0.1) is 0 Å². The summed E-state index contributed by atoms with van der Waals surface area (Å²) in [4.78, 5) is 29.2. The van der Waals surface area contributed by atoms with Gasteiger partial charge in [0.15, 0.2) is 17.4 Å². The maximum absolute atomic E-state index is 14.4. The van der Waals surface area contributed by atoms with Crippen LogP contribution in [0.25, 0.3) is 0 Å². The molecule has 3 fully saturated rings. The van der Waals surface area contributed by atoms with E-state index >= 15 is 0 Å². The Bertz CT molecular complexity index is 1010. The summed E-state index contributed by atoms with van der Waals surface area (Å²) in [5, 5.41) is 0. The van der Waals surface area contributed by atoms with Crippen molar-refractivity contribution in [2.24, 2.45) is 0 Å². The maximum Gasteiger partial charge on any atom is 0.257 e. The first-order valence-corrected chi connectivity index (χ1v) is 9.70. The Balaban J connectivity index is 1.47. The molecule has 0 aliphatic carbocycles. The molecule has 5 rings (SSSR count). The minimum atomic E-state index is -1.15. The second kappa shape index (κ2) is 6.35. The van der Waals surface area contributed by atoms with Gasteiger partial charge in [-0.25, -0.2) is 8.78 Å². The van der Waals surface area contributed by atoms with Crippen LogP contribution in [0.3, 0.4) is 0 Å². The molecule has 0 radical (unpaired) electrons. The highest BCUT2D eigenvalue weighted by Gasteiger charge is 2.65. The number of likely N-dealkylation sites (tertiary alicyclic amines) is 1. The number of rotatable bonds is 2. The van der Waals surface area contributed by atoms with Crippen molar-refractivity contribution in [2.75, 3.05) is 13.2 Å². The van der Waals surface area contributed by atoms with Crippen molar-refractivity contribution < 1.29 is 23.1 Å². The topological polar surface area (TPSA) is 49.9 Å². The lowest BCUT2D eigenvalue weighted by molar-refractivity contribution is -0.138. The van der Waals surface area contributed by atoms with Gasteiger partial charge < -0.3 is 14.5 Å². The predicted molar refractivity (Wildman–Crippen MR) is 99.9 cm³/mol. The fraction of sp³-hybridized carbons (Fsp3) is 0.364. The number of aryl methyl sites for hydroxylation is 1. The normalized spacial score (nSPS) is 28.0. The number of nitrogens with zero attached hydrogens (tertiary/aromatic N) is 2. The van der Waals surface area contributed by atoms with E-state index in [0.717, 1.165) is 5.56 Å². The zero-order valence-corrected chi connectivity index (χ0v) is 15.9. The van der Waals surface area contributed by atoms with Crippen LogP contribution in [0.4, 0.5) is 8.78 Å². The van der Waals surface area contributed by atoms with E-state index in [1.54, 1.807) is 4.90 Å². The fourth-order valence-electron chi connectivity index (χ4n) is 4.97. The van der Waals surface area contributed by atoms with Crippen LogP contribution in [0, 0.1) is 18.6 Å². The summed E-state index contributed by atoms with van der Waals surface area (Å²) in [6.45, 7) is 2.12. The first-order chi connectivity index (χ1) is 13.9. The second-order valence-electron chi connectivity index (χ2n) is 7.87. The standard InChI is InChI=1S/C22H20F2N2O3/c1-13-7-8-15(20(24)19(13)23)21(28)25-10-9-22-17(25)11-18(27)26(22)16(12-29-22)14-5-3-2-4-6-14/h2-8,16-17H,9-12H2,1H3/t16-,17+,22-/m0/s1. The lowest BCUT2D eigenvalue weighted by Crippen LogP contribution is -2.49. The van der Waals surface area contributed by atoms with Crippen molar-refractivity contribution >= 4 is 11.8 Å². The van der Waals surface area contributed by atoms with Crippen LogP contribution in [0.2, 0.25) is 0 Å². The lowest BCUT2D eigenvalue weighted by Gasteiger charge is -2.33. The zero-order chi connectivity index (χ0) is 20.3. The molecule has 3 aliphatic rings. The third-order valence-corrected chi connectivity index (χ3v) is 6.41. The smallest absolute Gasteiger partial charge is 0.257 e. The number of halogens is 2. The van der Waals surface area contributed by atoms with Gasteiger partial charge in [-0.1, -0.05) is 36.4 Å². The quantitative estimate of drug-likeness (QED) is 0.781. The lowest BCUT2D eigenvalue weighted by atomic mass is 10.0. The van der Waals surface area contributed by atoms with Crippen LogP contribution in [0.15, 0.2) is 42.5 Å². The molecule has 3 aliphatic heterocycles. The Morgan fingerprint density at radius 1 is 1.14 bits per heavy atom. The molecule has 2 amide bonds. The highest BCUT2D eigenvalue weighted by Crippen LogP contribution is 2.51. The van der Waals surface area contributed by atoms with Gasteiger partial charge in [0.2, 0.25) is 5.91 Å². The molecule has 2 aromatic rings. The van der Waals surface area contributed by atoms with Crippen molar-refractivity contribution in [3.05, 3.63) is 70.8 Å². The number of carbonyl (C=O) groups is 2. The third kappa shape index (κ3) is 2.46. The van der Waals surface area contributed by atoms with E-state index in [4.69, 9.17) is 4.74 Å². The number of amides is 2. The van der Waals surface area contributed by atoms with Crippen LogP contribution in [0.5, 0.6) is 0 Å². The van der Waals surface area contributed by atoms with E-state index in [2.05, 4.69) is 0 Å². The van der Waals surface area contributed by atoms with Gasteiger partial charge in [-0.2, -0.15) is 0 Å². The number of ether oxygens (including phenoxy) is 1. The average molecular weight is 398 g/mol. The summed E-state index contributed by atoms with van der Waals surface area (Å²) in [7, 11) is 0. The summed E-state index contributed by atoms with van der Waals surface area (Å²) in [6.07, 6.45) is 0.569. The molecule has 5 nitrogen and oxygen atoms in total. The molecule has 0 N–H and O–H groups in total. The molecule has 3 heterocycles. The zero-order valence-electron chi connectivity index (χ0n) is 15.9. The third-order valence-electron chi connectivity index (χ3n) is 6.41. The van der Waals surface area contributed by atoms with E-state index in [1.165, 1.54) is 24.0 Å². The number of carbonyl (C=O) groups excluding carboxylic acids is 2. The first kappa shape index (κ1) is 18.2. The molecule has 29 heavy (non-hydrogen) atoms. The van der Waals surface area contributed by atoms with Crippen LogP contribution in [0.1, 0.15) is 40.4 Å². The minimum absolute atomic E-state index is 0.0885. The summed E-state index contributed by atoms with van der Waals surface area (Å²) < 4.78 is 34.6. The molecule has 1 spiro atoms. The van der Waals surface area contributed by atoms with Gasteiger partial charge in [0, 0.05) is 13.0 Å². The molecular formula is C22H20F2N2O3. The Morgan fingerprint density at radius 2 is 1.90 bits per heavy atom. The summed E-state index contributed by atoms with van der Waals surface area (Å²) in [5.74, 6) is -2.86. The maximum atomic E-state index is 14.4. The Labute approximate surface area is 166 Å². The van der Waals surface area contributed by atoms with Gasteiger partial charge >= 0.3 is 0 Å². The van der Waals surface area contributed by atoms with E-state index in [-0.39, 0.29) is 29.5 Å². The average Bonchev–Trinajstić information content (AvgIpc) is 3.35. The summed E-state index contributed by atoms with van der Waals surface area (Å²) in [5.41, 5.74) is -0.0834. The van der Waals surface area contributed by atoms with Gasteiger partial charge in [-0.3, -0.25) is 9.59 Å². The highest BCUT2D eigenvalue weighted by atomic mass is 19.2. The van der Waals surface area contributed by atoms with Crippen LogP contribution in [-0.2, 0) is 9.53 Å². The van der Waals surface area contributed by atoms with E-state index in [1.807, 2.05) is 30.3 Å². The molecule has 2 aromatic carbocycles. The van der Waals surface area contributed by atoms with Gasteiger partial charge in [0.05, 0.1) is 30.7 Å². The molecule has 3 atom stereocenters. The van der Waals surface area contributed by atoms with Gasteiger partial charge in [0.1, 0.15) is 0 Å². The number of hydrogen-bond donors (Lipinski definition) is 0. The first-order valence-electron chi connectivity index (χ1n) is 9.70. The van der Waals surface area contributed by atoms with Crippen molar-refractivity contribution in [1.29, 1.82) is 0 Å². The van der Waals surface area contributed by atoms with E-state index in [0.29, 0.717) is 19.6 Å². The number of hydrogen-bond acceptors (Lipinski definition) is 3. The van der Waals surface area contributed by atoms with Crippen molar-refractivity contribution in [3.63, 3.8) is 0 Å².